The van der Waals surface area contributed by atoms with Crippen LogP contribution in [0.3, 0.4) is 0 Å². The molecule has 0 saturated heterocycles. The van der Waals surface area contributed by atoms with E-state index in [1.807, 2.05) is 30.3 Å². The Morgan fingerprint density at radius 3 is 2.68 bits per heavy atom. The summed E-state index contributed by atoms with van der Waals surface area (Å²) in [5, 5.41) is 6.66. The molecular weight excluding hydrogens is 346 g/mol. The fourth-order valence-corrected chi connectivity index (χ4v) is 4.03. The van der Waals surface area contributed by atoms with Crippen LogP contribution >= 0.6 is 0 Å². The van der Waals surface area contributed by atoms with Crippen molar-refractivity contribution in [2.45, 2.75) is 18.9 Å². The lowest BCUT2D eigenvalue weighted by molar-refractivity contribution is 0.768. The average Bonchev–Trinajstić information content (AvgIpc) is 3.35. The number of hydrogen-bond donors (Lipinski definition) is 0. The van der Waals surface area contributed by atoms with Gasteiger partial charge in [0.15, 0.2) is 0 Å². The van der Waals surface area contributed by atoms with Crippen molar-refractivity contribution < 1.29 is 0 Å². The van der Waals surface area contributed by atoms with Crippen molar-refractivity contribution >= 4 is 21.8 Å². The van der Waals surface area contributed by atoms with E-state index in [9.17, 15) is 0 Å². The minimum Gasteiger partial charge on any atom is -0.321 e. The van der Waals surface area contributed by atoms with Gasteiger partial charge in [-0.15, -0.1) is 0 Å². The minimum absolute atomic E-state index is 0.517. The lowest BCUT2D eigenvalue weighted by Gasteiger charge is -2.10. The maximum Gasteiger partial charge on any atom is 0.143 e. The summed E-state index contributed by atoms with van der Waals surface area (Å²) in [5.41, 5.74) is 5.62. The summed E-state index contributed by atoms with van der Waals surface area (Å²) >= 11 is 0. The zero-order valence-electron chi connectivity index (χ0n) is 15.6. The molecule has 5 heteroatoms. The maximum absolute atomic E-state index is 5.04. The first-order chi connectivity index (χ1) is 13.8. The fourth-order valence-electron chi connectivity index (χ4n) is 4.03. The maximum atomic E-state index is 5.04. The SMILES string of the molecule is Cn1cc(-c2ccc3nc(-c4cncc5ccccc45)n(C4CC4)c3c2)cn1. The Kier molecular flexibility index (Phi) is 3.20. The molecule has 0 N–H and O–H groups in total. The van der Waals surface area contributed by atoms with Crippen LogP contribution in [0.1, 0.15) is 18.9 Å². The van der Waals surface area contributed by atoms with E-state index in [1.54, 1.807) is 0 Å². The molecule has 0 atom stereocenters. The number of pyridine rings is 1. The monoisotopic (exact) mass is 365 g/mol. The number of aromatic nitrogens is 5. The third-order valence-corrected chi connectivity index (χ3v) is 5.55. The van der Waals surface area contributed by atoms with E-state index < -0.39 is 0 Å². The largest absolute Gasteiger partial charge is 0.321 e. The van der Waals surface area contributed by atoms with Gasteiger partial charge in [0, 0.05) is 48.2 Å². The van der Waals surface area contributed by atoms with E-state index in [0.717, 1.165) is 27.9 Å². The Hall–Kier alpha value is -3.47. The number of hydrogen-bond acceptors (Lipinski definition) is 3. The molecule has 0 amide bonds. The molecule has 3 heterocycles. The van der Waals surface area contributed by atoms with E-state index in [-0.39, 0.29) is 0 Å². The second-order valence-electron chi connectivity index (χ2n) is 7.55. The van der Waals surface area contributed by atoms with Crippen molar-refractivity contribution in [3.63, 3.8) is 0 Å². The molecule has 0 radical (unpaired) electrons. The summed E-state index contributed by atoms with van der Waals surface area (Å²) in [6.45, 7) is 0. The van der Waals surface area contributed by atoms with Crippen LogP contribution in [0.15, 0.2) is 67.3 Å². The normalized spacial score (nSPS) is 14.2. The highest BCUT2D eigenvalue weighted by Gasteiger charge is 2.29. The van der Waals surface area contributed by atoms with Gasteiger partial charge in [0.05, 0.1) is 17.2 Å². The summed E-state index contributed by atoms with van der Waals surface area (Å²) in [5.74, 6) is 1.02. The highest BCUT2D eigenvalue weighted by atomic mass is 15.2. The van der Waals surface area contributed by atoms with E-state index in [2.05, 4.69) is 63.3 Å². The number of aryl methyl sites for hydroxylation is 1. The molecule has 1 aliphatic rings. The number of fused-ring (bicyclic) bond motifs is 2. The van der Waals surface area contributed by atoms with Crippen molar-refractivity contribution in [3.8, 4) is 22.5 Å². The van der Waals surface area contributed by atoms with Crippen LogP contribution in [-0.2, 0) is 7.05 Å². The second kappa shape index (κ2) is 5.76. The summed E-state index contributed by atoms with van der Waals surface area (Å²) in [4.78, 5) is 9.52. The zero-order chi connectivity index (χ0) is 18.7. The molecule has 5 aromatic rings. The standard InChI is InChI=1S/C23H19N5/c1-27-14-17(12-25-27)15-6-9-21-22(10-15)28(18-7-8-18)23(26-21)20-13-24-11-16-4-2-3-5-19(16)20/h2-6,9-14,18H,7-8H2,1H3. The fraction of sp³-hybridized carbons (Fsp3) is 0.174. The van der Waals surface area contributed by atoms with Crippen molar-refractivity contribution in [1.82, 2.24) is 24.3 Å². The third kappa shape index (κ3) is 2.36. The number of benzene rings is 2. The zero-order valence-corrected chi connectivity index (χ0v) is 15.6. The Morgan fingerprint density at radius 1 is 0.964 bits per heavy atom. The Balaban J connectivity index is 1.62. The van der Waals surface area contributed by atoms with E-state index in [1.165, 1.54) is 29.3 Å². The molecule has 5 nitrogen and oxygen atoms in total. The molecular formula is C23H19N5. The highest BCUT2D eigenvalue weighted by Crippen LogP contribution is 2.43. The Bertz CT molecular complexity index is 1330. The molecule has 0 bridgehead atoms. The molecule has 0 spiro atoms. The third-order valence-electron chi connectivity index (χ3n) is 5.55. The van der Waals surface area contributed by atoms with Gasteiger partial charge >= 0.3 is 0 Å². The topological polar surface area (TPSA) is 48.5 Å². The first-order valence-corrected chi connectivity index (χ1v) is 9.62. The molecule has 1 saturated carbocycles. The first-order valence-electron chi connectivity index (χ1n) is 9.62. The van der Waals surface area contributed by atoms with E-state index in [0.29, 0.717) is 6.04 Å². The molecule has 136 valence electrons. The molecule has 0 aliphatic heterocycles. The lowest BCUT2D eigenvalue weighted by Crippen LogP contribution is -1.98. The molecule has 3 aromatic heterocycles. The Labute approximate surface area is 162 Å². The summed E-state index contributed by atoms with van der Waals surface area (Å²) in [6, 6.07) is 15.4. The molecule has 2 aromatic carbocycles. The minimum atomic E-state index is 0.517. The van der Waals surface area contributed by atoms with Crippen LogP contribution in [-0.4, -0.2) is 24.3 Å². The van der Waals surface area contributed by atoms with Gasteiger partial charge in [0.2, 0.25) is 0 Å². The van der Waals surface area contributed by atoms with Crippen molar-refractivity contribution in [2.75, 3.05) is 0 Å². The van der Waals surface area contributed by atoms with Gasteiger partial charge in [0.1, 0.15) is 5.82 Å². The Morgan fingerprint density at radius 2 is 1.86 bits per heavy atom. The smallest absolute Gasteiger partial charge is 0.143 e. The van der Waals surface area contributed by atoms with Gasteiger partial charge in [-0.1, -0.05) is 30.3 Å². The number of nitrogens with zero attached hydrogens (tertiary/aromatic N) is 5. The second-order valence-corrected chi connectivity index (χ2v) is 7.55. The van der Waals surface area contributed by atoms with Gasteiger partial charge in [-0.25, -0.2) is 4.98 Å². The van der Waals surface area contributed by atoms with Crippen molar-refractivity contribution in [1.29, 1.82) is 0 Å². The molecule has 1 fully saturated rings. The van der Waals surface area contributed by atoms with Crippen molar-refractivity contribution in [2.24, 2.45) is 7.05 Å². The predicted molar refractivity (Wildman–Crippen MR) is 111 cm³/mol. The summed E-state index contributed by atoms with van der Waals surface area (Å²) in [6.07, 6.45) is 10.2. The van der Waals surface area contributed by atoms with Crippen LogP contribution < -0.4 is 0 Å². The van der Waals surface area contributed by atoms with Gasteiger partial charge in [-0.3, -0.25) is 9.67 Å². The lowest BCUT2D eigenvalue weighted by atomic mass is 10.1. The number of imidazole rings is 1. The average molecular weight is 365 g/mol. The van der Waals surface area contributed by atoms with Crippen LogP contribution in [0, 0.1) is 0 Å². The highest BCUT2D eigenvalue weighted by molar-refractivity contribution is 5.96. The van der Waals surface area contributed by atoms with Crippen LogP contribution in [0.5, 0.6) is 0 Å². The molecule has 6 rings (SSSR count). The first kappa shape index (κ1) is 15.6. The van der Waals surface area contributed by atoms with Gasteiger partial charge in [-0.05, 0) is 35.9 Å². The van der Waals surface area contributed by atoms with Gasteiger partial charge < -0.3 is 4.57 Å². The summed E-state index contributed by atoms with van der Waals surface area (Å²) in [7, 11) is 1.95. The summed E-state index contributed by atoms with van der Waals surface area (Å²) < 4.78 is 4.25. The molecule has 28 heavy (non-hydrogen) atoms. The molecule has 1 aliphatic carbocycles. The van der Waals surface area contributed by atoms with Crippen LogP contribution in [0.4, 0.5) is 0 Å². The van der Waals surface area contributed by atoms with Crippen LogP contribution in [0.25, 0.3) is 44.3 Å². The predicted octanol–water partition coefficient (Wildman–Crippen LogP) is 4.99. The van der Waals surface area contributed by atoms with E-state index in [4.69, 9.17) is 4.98 Å². The van der Waals surface area contributed by atoms with Gasteiger partial charge in [-0.2, -0.15) is 5.10 Å². The van der Waals surface area contributed by atoms with Gasteiger partial charge in [0.25, 0.3) is 0 Å². The quantitative estimate of drug-likeness (QED) is 0.453. The molecule has 0 unspecified atom stereocenters. The van der Waals surface area contributed by atoms with Crippen LogP contribution in [0.2, 0.25) is 0 Å². The van der Waals surface area contributed by atoms with E-state index >= 15 is 0 Å². The van der Waals surface area contributed by atoms with Crippen molar-refractivity contribution in [3.05, 3.63) is 67.3 Å². The number of rotatable bonds is 3.